The number of carbonyl (C=O) groups is 1. The van der Waals surface area contributed by atoms with Gasteiger partial charge in [-0.1, -0.05) is 11.6 Å². The number of amides is 1. The zero-order valence-corrected chi connectivity index (χ0v) is 17.1. The Bertz CT molecular complexity index is 987. The molecule has 1 heterocycles. The number of sulfone groups is 1. The van der Waals surface area contributed by atoms with E-state index in [1.807, 2.05) is 7.05 Å². The SMILES string of the molecule is CNC1(NC(=O)[C@@H]2CC[C@@H](S(=O)(=O)c3ccc(-n4cccn4)cc3Cl)C2)CC1. The van der Waals surface area contributed by atoms with Crippen LogP contribution in [-0.4, -0.2) is 42.1 Å². The number of benzene rings is 1. The summed E-state index contributed by atoms with van der Waals surface area (Å²) in [6.45, 7) is 0. The van der Waals surface area contributed by atoms with Gasteiger partial charge in [0.1, 0.15) is 0 Å². The van der Waals surface area contributed by atoms with E-state index in [1.165, 1.54) is 6.07 Å². The maximum atomic E-state index is 13.1. The molecule has 0 radical (unpaired) electrons. The van der Waals surface area contributed by atoms with Crippen LogP contribution in [0.4, 0.5) is 0 Å². The summed E-state index contributed by atoms with van der Waals surface area (Å²) in [7, 11) is -1.79. The quantitative estimate of drug-likeness (QED) is 0.697. The number of nitrogens with zero attached hydrogens (tertiary/aromatic N) is 2. The van der Waals surface area contributed by atoms with Crippen LogP contribution in [0.25, 0.3) is 5.69 Å². The van der Waals surface area contributed by atoms with Gasteiger partial charge in [-0.2, -0.15) is 5.10 Å². The van der Waals surface area contributed by atoms with Crippen LogP contribution in [0.15, 0.2) is 41.6 Å². The Balaban J connectivity index is 1.49. The Labute approximate surface area is 169 Å². The van der Waals surface area contributed by atoms with Crippen molar-refractivity contribution in [2.75, 3.05) is 7.05 Å². The van der Waals surface area contributed by atoms with Crippen LogP contribution in [0.3, 0.4) is 0 Å². The van der Waals surface area contributed by atoms with E-state index in [1.54, 1.807) is 35.3 Å². The molecule has 1 aromatic carbocycles. The Morgan fingerprint density at radius 1 is 1.32 bits per heavy atom. The summed E-state index contributed by atoms with van der Waals surface area (Å²) in [5.74, 6) is -0.350. The molecule has 0 aliphatic heterocycles. The second-order valence-corrected chi connectivity index (χ2v) is 10.2. The Morgan fingerprint density at radius 2 is 2.11 bits per heavy atom. The average molecular weight is 423 g/mol. The second-order valence-electron chi connectivity index (χ2n) is 7.56. The Hall–Kier alpha value is -1.90. The van der Waals surface area contributed by atoms with Gasteiger partial charge in [0.15, 0.2) is 9.84 Å². The van der Waals surface area contributed by atoms with Gasteiger partial charge in [-0.3, -0.25) is 10.1 Å². The second kappa shape index (κ2) is 7.17. The molecule has 0 spiro atoms. The van der Waals surface area contributed by atoms with Crippen molar-refractivity contribution < 1.29 is 13.2 Å². The molecule has 2 aliphatic carbocycles. The van der Waals surface area contributed by atoms with Gasteiger partial charge in [-0.25, -0.2) is 13.1 Å². The Kier molecular flexibility index (Phi) is 4.97. The summed E-state index contributed by atoms with van der Waals surface area (Å²) in [5.41, 5.74) is 0.402. The van der Waals surface area contributed by atoms with E-state index in [4.69, 9.17) is 11.6 Å². The molecule has 28 heavy (non-hydrogen) atoms. The highest BCUT2D eigenvalue weighted by atomic mass is 35.5. The molecule has 2 aromatic rings. The normalized spacial score (nSPS) is 23.5. The number of hydrogen-bond acceptors (Lipinski definition) is 5. The third-order valence-electron chi connectivity index (χ3n) is 5.78. The minimum Gasteiger partial charge on any atom is -0.338 e. The van der Waals surface area contributed by atoms with Crippen molar-refractivity contribution in [2.45, 2.75) is 47.9 Å². The lowest BCUT2D eigenvalue weighted by Crippen LogP contribution is -2.48. The van der Waals surface area contributed by atoms with Crippen molar-refractivity contribution in [3.8, 4) is 5.69 Å². The molecule has 0 bridgehead atoms. The molecule has 2 fully saturated rings. The molecule has 1 amide bonds. The fraction of sp³-hybridized carbons (Fsp3) is 0.474. The lowest BCUT2D eigenvalue weighted by atomic mass is 10.1. The van der Waals surface area contributed by atoms with E-state index in [0.717, 1.165) is 12.8 Å². The summed E-state index contributed by atoms with van der Waals surface area (Å²) in [6, 6.07) is 6.60. The molecule has 2 atom stereocenters. The maximum Gasteiger partial charge on any atom is 0.224 e. The van der Waals surface area contributed by atoms with E-state index in [0.29, 0.717) is 24.9 Å². The standard InChI is InChI=1S/C19H23ClN4O3S/c1-21-19(7-8-19)23-18(25)13-3-5-15(11-13)28(26,27)17-6-4-14(12-16(17)20)24-10-2-9-22-24/h2,4,6,9-10,12-13,15,21H,3,5,7-8,11H2,1H3,(H,23,25)/t13-,15-/m1/s1. The monoisotopic (exact) mass is 422 g/mol. The van der Waals surface area contributed by atoms with Crippen LogP contribution < -0.4 is 10.6 Å². The first-order valence-electron chi connectivity index (χ1n) is 9.39. The predicted octanol–water partition coefficient (Wildman–Crippen LogP) is 2.29. The summed E-state index contributed by atoms with van der Waals surface area (Å²) in [6.07, 6.45) is 6.57. The van der Waals surface area contributed by atoms with Gasteiger partial charge in [-0.15, -0.1) is 0 Å². The zero-order valence-electron chi connectivity index (χ0n) is 15.6. The van der Waals surface area contributed by atoms with Gasteiger partial charge < -0.3 is 5.32 Å². The summed E-state index contributed by atoms with van der Waals surface area (Å²) >= 11 is 6.31. The van der Waals surface area contributed by atoms with Crippen molar-refractivity contribution in [3.63, 3.8) is 0 Å². The molecule has 9 heteroatoms. The molecule has 0 unspecified atom stereocenters. The van der Waals surface area contributed by atoms with Gasteiger partial charge in [0.05, 0.1) is 26.5 Å². The topological polar surface area (TPSA) is 93.1 Å². The molecular formula is C19H23ClN4O3S. The van der Waals surface area contributed by atoms with Crippen molar-refractivity contribution in [1.29, 1.82) is 0 Å². The van der Waals surface area contributed by atoms with E-state index in [9.17, 15) is 13.2 Å². The van der Waals surface area contributed by atoms with Crippen molar-refractivity contribution in [2.24, 2.45) is 5.92 Å². The van der Waals surface area contributed by atoms with E-state index < -0.39 is 15.1 Å². The third-order valence-corrected chi connectivity index (χ3v) is 8.48. The number of halogens is 1. The van der Waals surface area contributed by atoms with Crippen molar-refractivity contribution >= 4 is 27.3 Å². The zero-order chi connectivity index (χ0) is 19.9. The Morgan fingerprint density at radius 3 is 2.71 bits per heavy atom. The number of hydrogen-bond donors (Lipinski definition) is 2. The van der Waals surface area contributed by atoms with Gasteiger partial charge >= 0.3 is 0 Å². The number of aromatic nitrogens is 2. The lowest BCUT2D eigenvalue weighted by molar-refractivity contribution is -0.126. The maximum absolute atomic E-state index is 13.1. The van der Waals surface area contributed by atoms with Crippen LogP contribution in [0.2, 0.25) is 5.02 Å². The van der Waals surface area contributed by atoms with Gasteiger partial charge in [0.25, 0.3) is 0 Å². The highest BCUT2D eigenvalue weighted by Crippen LogP contribution is 2.38. The fourth-order valence-electron chi connectivity index (χ4n) is 3.82. The molecule has 4 rings (SSSR count). The van der Waals surface area contributed by atoms with Crippen LogP contribution in [-0.2, 0) is 14.6 Å². The molecule has 0 saturated heterocycles. The largest absolute Gasteiger partial charge is 0.338 e. The smallest absolute Gasteiger partial charge is 0.224 e. The molecule has 2 aliphatic rings. The lowest BCUT2D eigenvalue weighted by Gasteiger charge is -2.19. The van der Waals surface area contributed by atoms with Crippen LogP contribution in [0.1, 0.15) is 32.1 Å². The van der Waals surface area contributed by atoms with Crippen LogP contribution >= 0.6 is 11.6 Å². The average Bonchev–Trinajstić information content (AvgIpc) is 3.09. The molecule has 150 valence electrons. The van der Waals surface area contributed by atoms with Gasteiger partial charge in [-0.05, 0) is 63.4 Å². The first-order valence-corrected chi connectivity index (χ1v) is 11.3. The first-order chi connectivity index (χ1) is 13.3. The predicted molar refractivity (Wildman–Crippen MR) is 106 cm³/mol. The van der Waals surface area contributed by atoms with Crippen molar-refractivity contribution in [1.82, 2.24) is 20.4 Å². The first kappa shape index (κ1) is 19.4. The summed E-state index contributed by atoms with van der Waals surface area (Å²) in [5, 5.41) is 9.85. The third kappa shape index (κ3) is 3.56. The molecule has 2 N–H and O–H groups in total. The van der Waals surface area contributed by atoms with Crippen molar-refractivity contribution in [3.05, 3.63) is 41.7 Å². The molecule has 7 nitrogen and oxygen atoms in total. The van der Waals surface area contributed by atoms with Crippen LogP contribution in [0, 0.1) is 5.92 Å². The van der Waals surface area contributed by atoms with Gasteiger partial charge in [0, 0.05) is 18.3 Å². The number of nitrogens with one attached hydrogen (secondary N) is 2. The summed E-state index contributed by atoms with van der Waals surface area (Å²) < 4.78 is 27.9. The van der Waals surface area contributed by atoms with E-state index in [2.05, 4.69) is 15.7 Å². The van der Waals surface area contributed by atoms with E-state index >= 15 is 0 Å². The minimum absolute atomic E-state index is 0.0651. The molecule has 2 saturated carbocycles. The minimum atomic E-state index is -3.61. The fourth-order valence-corrected chi connectivity index (χ4v) is 6.20. The van der Waals surface area contributed by atoms with E-state index in [-0.39, 0.29) is 27.4 Å². The number of rotatable bonds is 6. The van der Waals surface area contributed by atoms with Gasteiger partial charge in [0.2, 0.25) is 5.91 Å². The molecular weight excluding hydrogens is 400 g/mol. The molecule has 1 aromatic heterocycles. The number of carbonyl (C=O) groups excluding carboxylic acids is 1. The highest BCUT2D eigenvalue weighted by molar-refractivity contribution is 7.92. The summed E-state index contributed by atoms with van der Waals surface area (Å²) in [4.78, 5) is 12.6. The van der Waals surface area contributed by atoms with Crippen LogP contribution in [0.5, 0.6) is 0 Å². The highest BCUT2D eigenvalue weighted by Gasteiger charge is 2.45.